The number of rotatable bonds is 16. The fourth-order valence-electron chi connectivity index (χ4n) is 26.2. The van der Waals surface area contributed by atoms with Crippen molar-refractivity contribution in [2.45, 2.75) is 217 Å². The molecule has 16 aliphatic rings. The fraction of sp³-hybridized carbons (Fsp3) is 0.645. The number of morpholine rings is 1. The highest BCUT2D eigenvalue weighted by Crippen LogP contribution is 2.69. The van der Waals surface area contributed by atoms with Crippen molar-refractivity contribution in [2.75, 3.05) is 53.0 Å². The Labute approximate surface area is 633 Å². The lowest BCUT2D eigenvalue weighted by atomic mass is 9.41. The number of aliphatic hydroxyl groups excluding tert-OH is 1. The first-order chi connectivity index (χ1) is 51.2. The summed E-state index contributed by atoms with van der Waals surface area (Å²) in [6.07, 6.45) is 25.2. The van der Waals surface area contributed by atoms with Crippen molar-refractivity contribution in [3.63, 3.8) is 0 Å². The predicted octanol–water partition coefficient (Wildman–Crippen LogP) is 16.7. The van der Waals surface area contributed by atoms with Crippen LogP contribution >= 0.6 is 0 Å². The number of likely N-dealkylation sites (tertiary alicyclic amines) is 1. The molecule has 14 saturated carbocycles. The third-order valence-corrected chi connectivity index (χ3v) is 31.6. The van der Waals surface area contributed by atoms with Gasteiger partial charge in [-0.2, -0.15) is 0 Å². The number of methoxy groups -OCH3 is 1. The molecule has 2 saturated heterocycles. The van der Waals surface area contributed by atoms with Gasteiger partial charge in [-0.3, -0.25) is 24.2 Å². The second-order valence-corrected chi connectivity index (χ2v) is 37.7. The van der Waals surface area contributed by atoms with Gasteiger partial charge in [-0.1, -0.05) is 157 Å². The number of benzene rings is 4. The summed E-state index contributed by atoms with van der Waals surface area (Å²) >= 11 is 0. The standard InChI is InChI=1S/C25H30N2O.C24H35NO.C23H31NO2.C21H28FNO3/c1-17-18-11-21-13-19(17)14-22(12-18)25(21,20-7-3-2-4-8-20)15-24(28)27-16-23-9-5-6-10-26-23;1-16-17-10-20-12-18(16)13-21(11-17)24(20,19-8-6-5-7-9-19)14-22(26)25-15-23(2,3)4;1-16-17-11-20-13-18(16)14-21(12-17)23(20,19-5-3-2-4-6-19)15-22(25)24-7-9-26-10-8-24;1-26-19-9-15-3-2-4-16(10-19)21(15,14-5-7-17(22)8-6-14)11-20(25)23-12-18(24)13-23/h2-10,17-19,21-22H,11-16H2,1H3,(H,27,28);5-9,16-18,20-21H,10-15H2,1-4H3,(H,25,26);2-6,16-18,20-21H,7-15H2,1H3;5-8,15-16,18-19,24H,2-4,9-13H2,1H3. The SMILES string of the molecule is CC1C2CC3CC1CC(C2)C3(CC(=O)N1CCOCC1)c1ccccc1.CC1C2CC3CC1CC(C2)C3(CC(=O)NCC(C)(C)C)c1ccccc1.CC1C2CC3CC1CC(C2)C3(CC(=O)NCc1ccccn1)c1ccccc1.COC1CC2CCCC(C1)C2(CC(=O)N1CC(O)C1)c1ccc(F)cc1. The Morgan fingerprint density at radius 2 is 0.858 bits per heavy atom. The number of β-amino-alcohol motifs (C(OH)–C–C–N with tert-alkyl or cyclic N) is 1. The van der Waals surface area contributed by atoms with Crippen LogP contribution in [0.5, 0.6) is 0 Å². The van der Waals surface area contributed by atoms with E-state index in [2.05, 4.69) is 153 Å². The summed E-state index contributed by atoms with van der Waals surface area (Å²) in [4.78, 5) is 60.6. The molecule has 4 amide bonds. The number of carbonyl (C=O) groups is 4. The van der Waals surface area contributed by atoms with Crippen LogP contribution in [0.1, 0.15) is 204 Å². The molecule has 3 N–H and O–H groups in total. The molecule has 16 fully saturated rings. The summed E-state index contributed by atoms with van der Waals surface area (Å²) in [6.45, 7) is 19.1. The third kappa shape index (κ3) is 14.5. The van der Waals surface area contributed by atoms with Gasteiger partial charge in [0.15, 0.2) is 0 Å². The monoisotopic (exact) mass is 1440 g/mol. The first-order valence-corrected chi connectivity index (χ1v) is 41.9. The van der Waals surface area contributed by atoms with E-state index in [1.54, 1.807) is 18.2 Å². The third-order valence-electron chi connectivity index (χ3n) is 31.6. The Morgan fingerprint density at radius 3 is 1.24 bits per heavy atom. The number of halogens is 1. The maximum atomic E-state index is 13.6. The van der Waals surface area contributed by atoms with E-state index in [9.17, 15) is 28.7 Å². The number of aliphatic hydroxyl groups is 1. The summed E-state index contributed by atoms with van der Waals surface area (Å²) in [7, 11) is 1.78. The van der Waals surface area contributed by atoms with Gasteiger partial charge < -0.3 is 35.0 Å². The predicted molar refractivity (Wildman–Crippen MR) is 415 cm³/mol. The number of aromatic nitrogens is 1. The molecule has 12 nitrogen and oxygen atoms in total. The zero-order valence-corrected chi connectivity index (χ0v) is 64.9. The van der Waals surface area contributed by atoms with Gasteiger partial charge in [-0.25, -0.2) is 4.39 Å². The highest BCUT2D eigenvalue weighted by atomic mass is 19.1. The molecule has 21 rings (SSSR count). The number of carbonyl (C=O) groups excluding carboxylic acids is 4. The van der Waals surface area contributed by atoms with E-state index in [0.29, 0.717) is 112 Å². The Morgan fingerprint density at radius 1 is 0.491 bits per heavy atom. The summed E-state index contributed by atoms with van der Waals surface area (Å²) in [6, 6.07) is 45.7. The number of nitrogens with zero attached hydrogens (tertiary/aromatic N) is 3. The first kappa shape index (κ1) is 75.1. The van der Waals surface area contributed by atoms with Gasteiger partial charge in [0.1, 0.15) is 5.82 Å². The van der Waals surface area contributed by atoms with E-state index in [-0.39, 0.29) is 62.8 Å². The minimum absolute atomic E-state index is 0.0165. The van der Waals surface area contributed by atoms with Crippen molar-refractivity contribution in [1.29, 1.82) is 0 Å². The summed E-state index contributed by atoms with van der Waals surface area (Å²) in [5, 5.41) is 16.0. The van der Waals surface area contributed by atoms with Crippen LogP contribution in [0.15, 0.2) is 140 Å². The molecule has 0 radical (unpaired) electrons. The van der Waals surface area contributed by atoms with Crippen LogP contribution in [-0.2, 0) is 56.9 Å². The van der Waals surface area contributed by atoms with Crippen LogP contribution in [0.2, 0.25) is 0 Å². The normalized spacial score (nSPS) is 37.4. The quantitative estimate of drug-likeness (QED) is 0.0884. The van der Waals surface area contributed by atoms with Crippen LogP contribution < -0.4 is 10.6 Å². The molecule has 3 heterocycles. The smallest absolute Gasteiger partial charge is 0.223 e. The Bertz CT molecular complexity index is 3690. The van der Waals surface area contributed by atoms with Gasteiger partial charge in [0.05, 0.1) is 37.7 Å². The number of nitrogens with one attached hydrogen (secondary N) is 2. The second-order valence-electron chi connectivity index (χ2n) is 37.7. The summed E-state index contributed by atoms with van der Waals surface area (Å²) in [5.74, 6) is 13.4. The average Bonchev–Trinajstić information content (AvgIpc) is 0.720. The van der Waals surface area contributed by atoms with E-state index in [1.807, 2.05) is 30.3 Å². The molecule has 13 heteroatoms. The number of fused-ring (bicyclic) bond motifs is 2. The van der Waals surface area contributed by atoms with E-state index < -0.39 is 0 Å². The van der Waals surface area contributed by atoms with Crippen LogP contribution in [0.25, 0.3) is 0 Å². The molecule has 4 aromatic carbocycles. The van der Waals surface area contributed by atoms with Crippen molar-refractivity contribution >= 4 is 23.6 Å². The van der Waals surface area contributed by atoms with Gasteiger partial charge in [-0.15, -0.1) is 0 Å². The summed E-state index contributed by atoms with van der Waals surface area (Å²) in [5.41, 5.74) is 6.32. The highest BCUT2D eigenvalue weighted by molar-refractivity contribution is 5.80. The Hall–Kier alpha value is -6.28. The van der Waals surface area contributed by atoms with Crippen LogP contribution in [-0.4, -0.2) is 109 Å². The highest BCUT2D eigenvalue weighted by Gasteiger charge is 2.64. The van der Waals surface area contributed by atoms with Crippen LogP contribution in [0.4, 0.5) is 4.39 Å². The van der Waals surface area contributed by atoms with Gasteiger partial charge >= 0.3 is 0 Å². The largest absolute Gasteiger partial charge is 0.389 e. The lowest BCUT2D eigenvalue weighted by Crippen LogP contribution is -2.59. The van der Waals surface area contributed by atoms with Crippen molar-refractivity contribution in [2.24, 2.45) is 106 Å². The fourth-order valence-corrected chi connectivity index (χ4v) is 26.2. The molecule has 570 valence electrons. The molecular weight excluding hydrogens is 1320 g/mol. The van der Waals surface area contributed by atoms with Gasteiger partial charge in [-0.05, 0) is 255 Å². The van der Waals surface area contributed by atoms with Crippen molar-refractivity contribution in [1.82, 2.24) is 25.4 Å². The first-order valence-electron chi connectivity index (χ1n) is 41.9. The molecule has 2 aliphatic heterocycles. The Balaban J connectivity index is 0.000000113. The molecule has 2 atom stereocenters. The minimum atomic E-state index is -0.385. The molecule has 1 aromatic heterocycles. The molecule has 106 heavy (non-hydrogen) atoms. The molecular formula is C93H124FN5O7. The zero-order valence-electron chi connectivity index (χ0n) is 64.9. The van der Waals surface area contributed by atoms with E-state index in [4.69, 9.17) is 9.47 Å². The van der Waals surface area contributed by atoms with Crippen LogP contribution in [0.3, 0.4) is 0 Å². The number of pyridine rings is 1. The zero-order chi connectivity index (χ0) is 73.7. The molecule has 2 unspecified atom stereocenters. The van der Waals surface area contributed by atoms with Gasteiger partial charge in [0, 0.05) is 93.4 Å². The van der Waals surface area contributed by atoms with E-state index in [1.165, 1.54) is 112 Å². The molecule has 0 spiro atoms. The van der Waals surface area contributed by atoms with E-state index in [0.717, 1.165) is 110 Å². The molecule has 14 aliphatic carbocycles. The maximum Gasteiger partial charge on any atom is 0.223 e. The number of hydrogen-bond donors (Lipinski definition) is 3. The lowest BCUT2D eigenvalue weighted by molar-refractivity contribution is -0.147. The second kappa shape index (κ2) is 31.2. The number of amides is 4. The average molecular weight is 1440 g/mol. The van der Waals surface area contributed by atoms with Gasteiger partial charge in [0.2, 0.25) is 23.6 Å². The Kier molecular flexibility index (Phi) is 22.1. The van der Waals surface area contributed by atoms with Crippen molar-refractivity contribution < 1.29 is 38.1 Å². The summed E-state index contributed by atoms with van der Waals surface area (Å²) < 4.78 is 24.7. The topological polar surface area (TPSA) is 150 Å². The maximum absolute atomic E-state index is 13.6. The van der Waals surface area contributed by atoms with E-state index >= 15 is 0 Å². The van der Waals surface area contributed by atoms with Gasteiger partial charge in [0.25, 0.3) is 0 Å². The van der Waals surface area contributed by atoms with Crippen molar-refractivity contribution in [3.8, 4) is 0 Å². The molecule has 5 aromatic rings. The minimum Gasteiger partial charge on any atom is -0.389 e. The van der Waals surface area contributed by atoms with Crippen molar-refractivity contribution in [3.05, 3.63) is 173 Å². The van der Waals surface area contributed by atoms with Crippen LogP contribution in [0, 0.1) is 112 Å². The number of hydrogen-bond acceptors (Lipinski definition) is 8. The molecule has 14 bridgehead atoms. The number of ether oxygens (including phenoxy) is 2. The lowest BCUT2D eigenvalue weighted by Gasteiger charge is -2.64.